The monoisotopic (exact) mass is 360 g/mol. The molecule has 1 N–H and O–H groups in total. The molecule has 1 amide bonds. The van der Waals surface area contributed by atoms with Gasteiger partial charge in [-0.1, -0.05) is 80.6 Å². The van der Waals surface area contributed by atoms with Gasteiger partial charge < -0.3 is 5.32 Å². The minimum absolute atomic E-state index is 0.0258. The lowest BCUT2D eigenvalue weighted by atomic mass is 9.93. The molecule has 2 aromatic rings. The number of amides is 1. The third-order valence-electron chi connectivity index (χ3n) is 4.99. The smallest absolute Gasteiger partial charge is 0.253 e. The van der Waals surface area contributed by atoms with Crippen LogP contribution in [0.3, 0.4) is 0 Å². The fourth-order valence-corrected chi connectivity index (χ4v) is 3.50. The Balaban J connectivity index is 1.80. The molecule has 3 rings (SSSR count). The summed E-state index contributed by atoms with van der Waals surface area (Å²) in [6, 6.07) is 20.2. The Bertz CT molecular complexity index is 850. The molecule has 2 unspecified atom stereocenters. The van der Waals surface area contributed by atoms with Crippen molar-refractivity contribution in [1.29, 1.82) is 0 Å². The fourth-order valence-electron chi connectivity index (χ4n) is 3.50. The second-order valence-electron chi connectivity index (χ2n) is 7.99. The SMILES string of the molecule is CC(N=C1CC(C)(C)C=C1C(=O)NC(C)c1ccccc1)c1ccccc1. The van der Waals surface area contributed by atoms with Gasteiger partial charge in [-0.2, -0.15) is 0 Å². The van der Waals surface area contributed by atoms with Gasteiger partial charge >= 0.3 is 0 Å². The summed E-state index contributed by atoms with van der Waals surface area (Å²) in [6.07, 6.45) is 2.85. The van der Waals surface area contributed by atoms with E-state index in [2.05, 4.69) is 44.3 Å². The summed E-state index contributed by atoms with van der Waals surface area (Å²) < 4.78 is 0. The number of hydrogen-bond donors (Lipinski definition) is 1. The minimum Gasteiger partial charge on any atom is -0.345 e. The lowest BCUT2D eigenvalue weighted by Crippen LogP contribution is -2.29. The summed E-state index contributed by atoms with van der Waals surface area (Å²) in [5.41, 5.74) is 3.81. The Morgan fingerprint density at radius 3 is 2.11 bits per heavy atom. The lowest BCUT2D eigenvalue weighted by Gasteiger charge is -2.16. The second kappa shape index (κ2) is 7.91. The van der Waals surface area contributed by atoms with Crippen molar-refractivity contribution in [3.63, 3.8) is 0 Å². The number of hydrogen-bond acceptors (Lipinski definition) is 2. The topological polar surface area (TPSA) is 41.5 Å². The van der Waals surface area contributed by atoms with Gasteiger partial charge in [-0.3, -0.25) is 9.79 Å². The van der Waals surface area contributed by atoms with E-state index in [9.17, 15) is 4.79 Å². The first-order valence-corrected chi connectivity index (χ1v) is 9.56. The Hall–Kier alpha value is -2.68. The summed E-state index contributed by atoms with van der Waals surface area (Å²) >= 11 is 0. The fraction of sp³-hybridized carbons (Fsp3) is 0.333. The van der Waals surface area contributed by atoms with E-state index in [1.807, 2.05) is 55.5 Å². The Labute approximate surface area is 162 Å². The maximum atomic E-state index is 13.0. The van der Waals surface area contributed by atoms with Gasteiger partial charge in [-0.15, -0.1) is 0 Å². The molecule has 2 aromatic carbocycles. The first-order chi connectivity index (χ1) is 12.9. The zero-order valence-corrected chi connectivity index (χ0v) is 16.6. The van der Waals surface area contributed by atoms with Gasteiger partial charge in [0.25, 0.3) is 5.91 Å². The molecule has 3 heteroatoms. The van der Waals surface area contributed by atoms with Gasteiger partial charge in [-0.25, -0.2) is 0 Å². The van der Waals surface area contributed by atoms with Crippen LogP contribution in [0.15, 0.2) is 77.3 Å². The van der Waals surface area contributed by atoms with Crippen LogP contribution in [0.1, 0.15) is 57.3 Å². The molecule has 0 saturated carbocycles. The van der Waals surface area contributed by atoms with Gasteiger partial charge in [-0.05, 0) is 36.8 Å². The standard InChI is InChI=1S/C24H28N2O/c1-17(19-11-7-5-8-12-19)25-22-16-24(3,4)15-21(22)23(27)26-18(2)20-13-9-6-10-14-20/h5-15,17-18H,16H2,1-4H3,(H,26,27). The second-order valence-corrected chi connectivity index (χ2v) is 7.99. The van der Waals surface area contributed by atoms with E-state index in [1.165, 1.54) is 0 Å². The number of nitrogens with zero attached hydrogens (tertiary/aromatic N) is 1. The molecule has 1 aliphatic carbocycles. The van der Waals surface area contributed by atoms with E-state index in [0.29, 0.717) is 5.57 Å². The molecule has 1 aliphatic rings. The molecular weight excluding hydrogens is 332 g/mol. The first kappa shape index (κ1) is 19.1. The van der Waals surface area contributed by atoms with Gasteiger partial charge in [0.1, 0.15) is 0 Å². The van der Waals surface area contributed by atoms with Crippen molar-refractivity contribution in [1.82, 2.24) is 5.32 Å². The number of rotatable bonds is 5. The third kappa shape index (κ3) is 4.73. The highest BCUT2D eigenvalue weighted by Gasteiger charge is 2.32. The van der Waals surface area contributed by atoms with Crippen LogP contribution in [0.2, 0.25) is 0 Å². The van der Waals surface area contributed by atoms with Crippen molar-refractivity contribution >= 4 is 11.6 Å². The highest BCUT2D eigenvalue weighted by Crippen LogP contribution is 2.35. The van der Waals surface area contributed by atoms with Crippen molar-refractivity contribution in [2.45, 2.75) is 46.2 Å². The molecule has 0 fully saturated rings. The summed E-state index contributed by atoms with van der Waals surface area (Å²) in [5, 5.41) is 3.13. The van der Waals surface area contributed by atoms with Crippen LogP contribution in [0.25, 0.3) is 0 Å². The molecule has 0 heterocycles. The first-order valence-electron chi connectivity index (χ1n) is 9.56. The average molecular weight is 361 g/mol. The maximum absolute atomic E-state index is 13.0. The Kier molecular flexibility index (Phi) is 5.59. The molecular formula is C24H28N2O. The number of carbonyl (C=O) groups excluding carboxylic acids is 1. The van der Waals surface area contributed by atoms with Crippen LogP contribution < -0.4 is 5.32 Å². The van der Waals surface area contributed by atoms with Crippen LogP contribution >= 0.6 is 0 Å². The van der Waals surface area contributed by atoms with Gasteiger partial charge in [0.05, 0.1) is 17.7 Å². The molecule has 0 aliphatic heterocycles. The van der Waals surface area contributed by atoms with Crippen molar-refractivity contribution < 1.29 is 4.79 Å². The lowest BCUT2D eigenvalue weighted by molar-refractivity contribution is -0.117. The molecule has 0 spiro atoms. The largest absolute Gasteiger partial charge is 0.345 e. The number of allylic oxidation sites excluding steroid dienone is 1. The van der Waals surface area contributed by atoms with Gasteiger partial charge in [0, 0.05) is 5.71 Å². The predicted octanol–water partition coefficient (Wildman–Crippen LogP) is 5.42. The van der Waals surface area contributed by atoms with E-state index in [0.717, 1.165) is 23.3 Å². The highest BCUT2D eigenvalue weighted by atomic mass is 16.1. The number of aliphatic imine (C=N–C) groups is 1. The summed E-state index contributed by atoms with van der Waals surface area (Å²) in [7, 11) is 0. The van der Waals surface area contributed by atoms with E-state index in [-0.39, 0.29) is 23.4 Å². The highest BCUT2D eigenvalue weighted by molar-refractivity contribution is 6.23. The molecule has 0 radical (unpaired) electrons. The zero-order chi connectivity index (χ0) is 19.4. The van der Waals surface area contributed by atoms with Crippen molar-refractivity contribution in [3.8, 4) is 0 Å². The Morgan fingerprint density at radius 2 is 1.52 bits per heavy atom. The molecule has 140 valence electrons. The average Bonchev–Trinajstić information content (AvgIpc) is 2.97. The summed E-state index contributed by atoms with van der Waals surface area (Å²) in [6.45, 7) is 8.39. The normalized spacial score (nSPS) is 19.4. The quantitative estimate of drug-likeness (QED) is 0.760. The van der Waals surface area contributed by atoms with E-state index in [1.54, 1.807) is 0 Å². The number of nitrogens with one attached hydrogen (secondary N) is 1. The summed E-state index contributed by atoms with van der Waals surface area (Å²) in [5.74, 6) is -0.0454. The minimum atomic E-state index is -0.0576. The van der Waals surface area contributed by atoms with Crippen LogP contribution in [0.4, 0.5) is 0 Å². The van der Waals surface area contributed by atoms with Crippen LogP contribution in [-0.2, 0) is 4.79 Å². The predicted molar refractivity (Wildman–Crippen MR) is 112 cm³/mol. The van der Waals surface area contributed by atoms with E-state index >= 15 is 0 Å². The number of carbonyl (C=O) groups is 1. The molecule has 0 bridgehead atoms. The molecule has 27 heavy (non-hydrogen) atoms. The van der Waals surface area contributed by atoms with E-state index in [4.69, 9.17) is 4.99 Å². The maximum Gasteiger partial charge on any atom is 0.253 e. The van der Waals surface area contributed by atoms with Gasteiger partial charge in [0.15, 0.2) is 0 Å². The zero-order valence-electron chi connectivity index (χ0n) is 16.6. The van der Waals surface area contributed by atoms with Crippen LogP contribution in [-0.4, -0.2) is 11.6 Å². The van der Waals surface area contributed by atoms with Gasteiger partial charge in [0.2, 0.25) is 0 Å². The molecule has 0 aromatic heterocycles. The summed E-state index contributed by atoms with van der Waals surface area (Å²) in [4.78, 5) is 17.9. The molecule has 2 atom stereocenters. The van der Waals surface area contributed by atoms with E-state index < -0.39 is 0 Å². The van der Waals surface area contributed by atoms with Crippen molar-refractivity contribution in [2.75, 3.05) is 0 Å². The Morgan fingerprint density at radius 1 is 0.963 bits per heavy atom. The van der Waals surface area contributed by atoms with Crippen LogP contribution in [0.5, 0.6) is 0 Å². The third-order valence-corrected chi connectivity index (χ3v) is 4.99. The number of benzene rings is 2. The van der Waals surface area contributed by atoms with Crippen molar-refractivity contribution in [2.24, 2.45) is 10.4 Å². The van der Waals surface area contributed by atoms with Crippen molar-refractivity contribution in [3.05, 3.63) is 83.4 Å². The molecule has 0 saturated heterocycles. The van der Waals surface area contributed by atoms with Crippen LogP contribution in [0, 0.1) is 5.41 Å². The molecule has 3 nitrogen and oxygen atoms in total.